The molecule has 0 aliphatic carbocycles. The standard InChI is InChI=1S/C13H20N4O3S/c1-2-9(13(19)17-3-5-20-6-4-17)16-12(18)10-8-21-11(7-14)15-10/h8-9H,2-7,14H2,1H3,(H,16,18). The quantitative estimate of drug-likeness (QED) is 0.795. The van der Waals surface area contributed by atoms with E-state index in [4.69, 9.17) is 10.5 Å². The zero-order valence-corrected chi connectivity index (χ0v) is 12.8. The summed E-state index contributed by atoms with van der Waals surface area (Å²) in [5.74, 6) is -0.400. The van der Waals surface area contributed by atoms with Crippen LogP contribution in [-0.4, -0.2) is 54.0 Å². The van der Waals surface area contributed by atoms with Crippen molar-refractivity contribution in [2.24, 2.45) is 5.73 Å². The van der Waals surface area contributed by atoms with Gasteiger partial charge in [0, 0.05) is 25.0 Å². The van der Waals surface area contributed by atoms with Crippen molar-refractivity contribution in [1.29, 1.82) is 0 Å². The lowest BCUT2D eigenvalue weighted by atomic mass is 10.2. The fraction of sp³-hybridized carbons (Fsp3) is 0.615. The Kier molecular flexibility index (Phi) is 5.66. The molecule has 7 nitrogen and oxygen atoms in total. The van der Waals surface area contributed by atoms with Crippen LogP contribution in [0.1, 0.15) is 28.8 Å². The second-order valence-corrected chi connectivity index (χ2v) is 5.65. The van der Waals surface area contributed by atoms with Crippen LogP contribution in [-0.2, 0) is 16.1 Å². The minimum atomic E-state index is -0.529. The number of nitrogens with one attached hydrogen (secondary N) is 1. The van der Waals surface area contributed by atoms with E-state index in [1.807, 2.05) is 6.92 Å². The number of thiazole rings is 1. The minimum Gasteiger partial charge on any atom is -0.378 e. The van der Waals surface area contributed by atoms with Crippen molar-refractivity contribution in [3.05, 3.63) is 16.1 Å². The fourth-order valence-electron chi connectivity index (χ4n) is 2.08. The molecule has 8 heteroatoms. The molecule has 1 aliphatic rings. The summed E-state index contributed by atoms with van der Waals surface area (Å²) in [6.45, 7) is 4.40. The van der Waals surface area contributed by atoms with Gasteiger partial charge in [0.05, 0.1) is 13.2 Å². The Balaban J connectivity index is 1.97. The van der Waals surface area contributed by atoms with Crippen LogP contribution in [0.15, 0.2) is 5.38 Å². The van der Waals surface area contributed by atoms with E-state index in [0.717, 1.165) is 0 Å². The average Bonchev–Trinajstić information content (AvgIpc) is 3.01. The first kappa shape index (κ1) is 15.9. The highest BCUT2D eigenvalue weighted by atomic mass is 32.1. The van der Waals surface area contributed by atoms with Gasteiger partial charge in [0.2, 0.25) is 5.91 Å². The number of nitrogens with zero attached hydrogens (tertiary/aromatic N) is 2. The summed E-state index contributed by atoms with van der Waals surface area (Å²) >= 11 is 1.34. The fourth-order valence-corrected chi connectivity index (χ4v) is 2.74. The van der Waals surface area contributed by atoms with E-state index in [1.54, 1.807) is 10.3 Å². The topological polar surface area (TPSA) is 97.6 Å². The third kappa shape index (κ3) is 3.99. The molecular formula is C13H20N4O3S. The maximum atomic E-state index is 12.4. The zero-order valence-electron chi connectivity index (χ0n) is 12.0. The van der Waals surface area contributed by atoms with Crippen molar-refractivity contribution in [2.75, 3.05) is 26.3 Å². The van der Waals surface area contributed by atoms with Crippen molar-refractivity contribution >= 4 is 23.2 Å². The predicted molar refractivity (Wildman–Crippen MR) is 78.9 cm³/mol. The molecule has 1 saturated heterocycles. The number of nitrogens with two attached hydrogens (primary N) is 1. The molecule has 21 heavy (non-hydrogen) atoms. The van der Waals surface area contributed by atoms with Crippen LogP contribution < -0.4 is 11.1 Å². The van der Waals surface area contributed by atoms with Gasteiger partial charge >= 0.3 is 0 Å². The van der Waals surface area contributed by atoms with Crippen LogP contribution >= 0.6 is 11.3 Å². The van der Waals surface area contributed by atoms with Gasteiger partial charge in [-0.3, -0.25) is 9.59 Å². The van der Waals surface area contributed by atoms with Gasteiger partial charge in [-0.05, 0) is 6.42 Å². The normalized spacial score (nSPS) is 16.6. The summed E-state index contributed by atoms with van der Waals surface area (Å²) in [5.41, 5.74) is 5.79. The van der Waals surface area contributed by atoms with Crippen molar-refractivity contribution in [3.63, 3.8) is 0 Å². The molecule has 2 rings (SSSR count). The summed E-state index contributed by atoms with van der Waals surface area (Å²) < 4.78 is 5.23. The highest BCUT2D eigenvalue weighted by molar-refractivity contribution is 7.09. The molecule has 1 atom stereocenters. The number of hydrogen-bond donors (Lipinski definition) is 2. The Hall–Kier alpha value is -1.51. The SMILES string of the molecule is CCC(NC(=O)c1csc(CN)n1)C(=O)N1CCOCC1. The lowest BCUT2D eigenvalue weighted by Crippen LogP contribution is -2.51. The van der Waals surface area contributed by atoms with Crippen LogP contribution in [0.4, 0.5) is 0 Å². The third-order valence-corrected chi connectivity index (χ3v) is 4.16. The molecule has 0 spiro atoms. The van der Waals surface area contributed by atoms with Gasteiger partial charge in [-0.1, -0.05) is 6.92 Å². The zero-order chi connectivity index (χ0) is 15.2. The van der Waals surface area contributed by atoms with Gasteiger partial charge in [-0.25, -0.2) is 4.98 Å². The molecule has 1 fully saturated rings. The van der Waals surface area contributed by atoms with E-state index in [1.165, 1.54) is 11.3 Å². The molecule has 0 bridgehead atoms. The minimum absolute atomic E-state index is 0.0663. The first-order valence-electron chi connectivity index (χ1n) is 6.97. The van der Waals surface area contributed by atoms with Gasteiger partial charge < -0.3 is 20.7 Å². The summed E-state index contributed by atoms with van der Waals surface area (Å²) in [5, 5.41) is 5.11. The van der Waals surface area contributed by atoms with Gasteiger partial charge in [0.1, 0.15) is 16.7 Å². The van der Waals surface area contributed by atoms with E-state index < -0.39 is 6.04 Å². The van der Waals surface area contributed by atoms with E-state index in [9.17, 15) is 9.59 Å². The molecule has 1 aromatic heterocycles. The Morgan fingerprint density at radius 3 is 2.81 bits per heavy atom. The molecule has 1 aromatic rings. The molecule has 0 saturated carbocycles. The summed E-state index contributed by atoms with van der Waals surface area (Å²) in [6.07, 6.45) is 0.538. The van der Waals surface area contributed by atoms with Crippen LogP contribution in [0.25, 0.3) is 0 Å². The van der Waals surface area contributed by atoms with Crippen LogP contribution in [0.2, 0.25) is 0 Å². The first-order chi connectivity index (χ1) is 10.2. The molecule has 0 aromatic carbocycles. The summed E-state index contributed by atoms with van der Waals surface area (Å²) in [7, 11) is 0. The molecule has 1 unspecified atom stereocenters. The van der Waals surface area contributed by atoms with Crippen molar-refractivity contribution in [1.82, 2.24) is 15.2 Å². The smallest absolute Gasteiger partial charge is 0.271 e. The number of carbonyl (C=O) groups is 2. The van der Waals surface area contributed by atoms with Crippen LogP contribution in [0.3, 0.4) is 0 Å². The summed E-state index contributed by atoms with van der Waals surface area (Å²) in [4.78, 5) is 30.4. The van der Waals surface area contributed by atoms with Crippen molar-refractivity contribution in [2.45, 2.75) is 25.9 Å². The molecule has 1 aliphatic heterocycles. The Bertz CT molecular complexity index is 499. The van der Waals surface area contributed by atoms with Gasteiger partial charge in [0.15, 0.2) is 0 Å². The lowest BCUT2D eigenvalue weighted by molar-refractivity contribution is -0.137. The molecule has 2 amide bonds. The van der Waals surface area contributed by atoms with Crippen LogP contribution in [0.5, 0.6) is 0 Å². The average molecular weight is 312 g/mol. The molecule has 116 valence electrons. The van der Waals surface area contributed by atoms with Crippen molar-refractivity contribution < 1.29 is 14.3 Å². The number of amides is 2. The van der Waals surface area contributed by atoms with Gasteiger partial charge in [0.25, 0.3) is 5.91 Å². The van der Waals surface area contributed by atoms with Crippen molar-refractivity contribution in [3.8, 4) is 0 Å². The number of hydrogen-bond acceptors (Lipinski definition) is 6. The van der Waals surface area contributed by atoms with E-state index >= 15 is 0 Å². The molecular weight excluding hydrogens is 292 g/mol. The van der Waals surface area contributed by atoms with Gasteiger partial charge in [-0.2, -0.15) is 0 Å². The van der Waals surface area contributed by atoms with Crippen LogP contribution in [0, 0.1) is 0 Å². The Morgan fingerprint density at radius 2 is 2.24 bits per heavy atom. The third-order valence-electron chi connectivity index (χ3n) is 3.29. The number of carbonyl (C=O) groups excluding carboxylic acids is 2. The van der Waals surface area contributed by atoms with Gasteiger partial charge in [-0.15, -0.1) is 11.3 Å². The van der Waals surface area contributed by atoms with E-state index in [-0.39, 0.29) is 11.8 Å². The number of aromatic nitrogens is 1. The Morgan fingerprint density at radius 1 is 1.52 bits per heavy atom. The molecule has 2 heterocycles. The Labute approximate surface area is 127 Å². The highest BCUT2D eigenvalue weighted by Crippen LogP contribution is 2.10. The molecule has 3 N–H and O–H groups in total. The predicted octanol–water partition coefficient (Wildman–Crippen LogP) is -0.0310. The maximum Gasteiger partial charge on any atom is 0.271 e. The number of morpholine rings is 1. The largest absolute Gasteiger partial charge is 0.378 e. The second-order valence-electron chi connectivity index (χ2n) is 4.70. The highest BCUT2D eigenvalue weighted by Gasteiger charge is 2.26. The van der Waals surface area contributed by atoms with E-state index in [2.05, 4.69) is 10.3 Å². The summed E-state index contributed by atoms with van der Waals surface area (Å²) in [6, 6.07) is -0.529. The maximum absolute atomic E-state index is 12.4. The number of rotatable bonds is 5. The monoisotopic (exact) mass is 312 g/mol. The lowest BCUT2D eigenvalue weighted by Gasteiger charge is -2.30. The van der Waals surface area contributed by atoms with E-state index in [0.29, 0.717) is 50.0 Å². The second kappa shape index (κ2) is 7.48. The number of ether oxygens (including phenoxy) is 1. The first-order valence-corrected chi connectivity index (χ1v) is 7.85. The molecule has 0 radical (unpaired) electrons.